The van der Waals surface area contributed by atoms with E-state index in [1.165, 1.54) is 10.7 Å². The highest BCUT2D eigenvalue weighted by atomic mass is 19.4. The number of halogens is 3. The molecule has 0 unspecified atom stereocenters. The second-order valence-electron chi connectivity index (χ2n) is 6.82. The molecule has 1 amide bonds. The standard InChI is InChI=1S/C20H22F3N5O2/c1-13-18(10-19(29)25-16-11-24-27(12-16)7-8-30-3)14(2)28(26-13)17-6-4-5-15(9-17)20(21,22)23/h4-6,9,11-12H,7-8,10H2,1-3H3,(H,25,29). The highest BCUT2D eigenvalue weighted by molar-refractivity contribution is 5.92. The fourth-order valence-corrected chi connectivity index (χ4v) is 3.10. The molecule has 1 N–H and O–H groups in total. The number of rotatable bonds is 7. The lowest BCUT2D eigenvalue weighted by Crippen LogP contribution is -2.15. The van der Waals surface area contributed by atoms with Crippen molar-refractivity contribution in [2.75, 3.05) is 19.0 Å². The highest BCUT2D eigenvalue weighted by Gasteiger charge is 2.30. The van der Waals surface area contributed by atoms with Gasteiger partial charge in [-0.3, -0.25) is 9.48 Å². The summed E-state index contributed by atoms with van der Waals surface area (Å²) < 4.78 is 47.1. The molecule has 10 heteroatoms. The van der Waals surface area contributed by atoms with Gasteiger partial charge in [0.2, 0.25) is 5.91 Å². The molecule has 160 valence electrons. The zero-order valence-electron chi connectivity index (χ0n) is 16.8. The van der Waals surface area contributed by atoms with Crippen LogP contribution in [0.3, 0.4) is 0 Å². The van der Waals surface area contributed by atoms with E-state index < -0.39 is 11.7 Å². The molecule has 0 saturated heterocycles. The van der Waals surface area contributed by atoms with E-state index in [-0.39, 0.29) is 18.0 Å². The van der Waals surface area contributed by atoms with E-state index >= 15 is 0 Å². The van der Waals surface area contributed by atoms with Gasteiger partial charge in [0.25, 0.3) is 0 Å². The van der Waals surface area contributed by atoms with Crippen molar-refractivity contribution in [3.63, 3.8) is 0 Å². The quantitative estimate of drug-likeness (QED) is 0.633. The van der Waals surface area contributed by atoms with Crippen LogP contribution in [0, 0.1) is 13.8 Å². The summed E-state index contributed by atoms with van der Waals surface area (Å²) in [5.41, 5.74) is 1.94. The molecule has 0 bridgehead atoms. The molecule has 0 radical (unpaired) electrons. The fourth-order valence-electron chi connectivity index (χ4n) is 3.10. The zero-order valence-corrected chi connectivity index (χ0v) is 16.8. The molecule has 2 aromatic heterocycles. The van der Waals surface area contributed by atoms with Gasteiger partial charge in [-0.1, -0.05) is 6.07 Å². The summed E-state index contributed by atoms with van der Waals surface area (Å²) >= 11 is 0. The maximum Gasteiger partial charge on any atom is 0.416 e. The Labute approximate surface area is 171 Å². The number of hydrogen-bond donors (Lipinski definition) is 1. The number of hydrogen-bond acceptors (Lipinski definition) is 4. The number of ether oxygens (including phenoxy) is 1. The fraction of sp³-hybridized carbons (Fsp3) is 0.350. The van der Waals surface area contributed by atoms with Crippen LogP contribution in [0.5, 0.6) is 0 Å². The first kappa shape index (κ1) is 21.6. The van der Waals surface area contributed by atoms with Crippen LogP contribution in [-0.2, 0) is 28.7 Å². The third-order valence-electron chi connectivity index (χ3n) is 4.64. The molecule has 0 aliphatic rings. The van der Waals surface area contributed by atoms with Crippen LogP contribution in [-0.4, -0.2) is 39.2 Å². The second-order valence-corrected chi connectivity index (χ2v) is 6.82. The van der Waals surface area contributed by atoms with Crippen LogP contribution in [0.1, 0.15) is 22.5 Å². The third-order valence-corrected chi connectivity index (χ3v) is 4.64. The first-order valence-corrected chi connectivity index (χ1v) is 9.23. The summed E-state index contributed by atoms with van der Waals surface area (Å²) in [7, 11) is 1.59. The Kier molecular flexibility index (Phi) is 6.25. The minimum atomic E-state index is -4.44. The van der Waals surface area contributed by atoms with Crippen LogP contribution in [0.25, 0.3) is 5.69 Å². The Morgan fingerprint density at radius 2 is 2.03 bits per heavy atom. The molecular weight excluding hydrogens is 399 g/mol. The molecule has 0 fully saturated rings. The number of carbonyl (C=O) groups excluding carboxylic acids is 1. The van der Waals surface area contributed by atoms with Crippen molar-refractivity contribution in [1.82, 2.24) is 19.6 Å². The Morgan fingerprint density at radius 1 is 1.27 bits per heavy atom. The number of amides is 1. The summed E-state index contributed by atoms with van der Waals surface area (Å²) in [6, 6.07) is 4.93. The average molecular weight is 421 g/mol. The summed E-state index contributed by atoms with van der Waals surface area (Å²) in [6.07, 6.45) is -1.16. The lowest BCUT2D eigenvalue weighted by atomic mass is 10.1. The largest absolute Gasteiger partial charge is 0.416 e. The molecule has 0 aliphatic carbocycles. The van der Waals surface area contributed by atoms with Gasteiger partial charge in [-0.25, -0.2) is 4.68 Å². The van der Waals surface area contributed by atoms with Gasteiger partial charge in [0.15, 0.2) is 0 Å². The molecule has 7 nitrogen and oxygen atoms in total. The van der Waals surface area contributed by atoms with E-state index in [4.69, 9.17) is 4.74 Å². The Hall–Kier alpha value is -3.14. The van der Waals surface area contributed by atoms with E-state index in [1.54, 1.807) is 44.1 Å². The number of alkyl halides is 3. The van der Waals surface area contributed by atoms with Crippen LogP contribution in [0.15, 0.2) is 36.7 Å². The van der Waals surface area contributed by atoms with E-state index in [0.29, 0.717) is 35.8 Å². The van der Waals surface area contributed by atoms with Crippen molar-refractivity contribution >= 4 is 11.6 Å². The third kappa shape index (κ3) is 4.88. The number of nitrogens with one attached hydrogen (secondary N) is 1. The van der Waals surface area contributed by atoms with Gasteiger partial charge in [0, 0.05) is 24.6 Å². The minimum absolute atomic E-state index is 0.0415. The van der Waals surface area contributed by atoms with Crippen LogP contribution < -0.4 is 5.32 Å². The van der Waals surface area contributed by atoms with E-state index in [2.05, 4.69) is 15.5 Å². The van der Waals surface area contributed by atoms with Gasteiger partial charge in [-0.05, 0) is 32.0 Å². The van der Waals surface area contributed by atoms with Gasteiger partial charge in [-0.2, -0.15) is 23.4 Å². The molecule has 0 atom stereocenters. The molecule has 0 aliphatic heterocycles. The minimum Gasteiger partial charge on any atom is -0.383 e. The van der Waals surface area contributed by atoms with Crippen molar-refractivity contribution in [3.05, 3.63) is 59.2 Å². The number of benzene rings is 1. The van der Waals surface area contributed by atoms with Crippen molar-refractivity contribution in [2.45, 2.75) is 33.0 Å². The summed E-state index contributed by atoms with van der Waals surface area (Å²) in [4.78, 5) is 12.5. The van der Waals surface area contributed by atoms with E-state index in [9.17, 15) is 18.0 Å². The molecule has 2 heterocycles. The zero-order chi connectivity index (χ0) is 21.9. The van der Waals surface area contributed by atoms with E-state index in [1.807, 2.05) is 0 Å². The Morgan fingerprint density at radius 3 is 2.73 bits per heavy atom. The second kappa shape index (κ2) is 8.70. The summed E-state index contributed by atoms with van der Waals surface area (Å²) in [6.45, 7) is 4.52. The molecule has 1 aromatic carbocycles. The topological polar surface area (TPSA) is 74.0 Å². The maximum absolute atomic E-state index is 13.0. The number of nitrogens with zero attached hydrogens (tertiary/aromatic N) is 4. The van der Waals surface area contributed by atoms with Gasteiger partial charge in [-0.15, -0.1) is 0 Å². The predicted molar refractivity (Wildman–Crippen MR) is 104 cm³/mol. The predicted octanol–water partition coefficient (Wildman–Crippen LogP) is 3.53. The Bertz CT molecular complexity index is 1040. The average Bonchev–Trinajstić information content (AvgIpc) is 3.25. The van der Waals surface area contributed by atoms with Crippen molar-refractivity contribution in [2.24, 2.45) is 0 Å². The van der Waals surface area contributed by atoms with Crippen LogP contribution in [0.4, 0.5) is 18.9 Å². The lowest BCUT2D eigenvalue weighted by Gasteiger charge is -2.10. The van der Waals surface area contributed by atoms with Gasteiger partial charge < -0.3 is 10.1 Å². The van der Waals surface area contributed by atoms with E-state index in [0.717, 1.165) is 12.1 Å². The van der Waals surface area contributed by atoms with Gasteiger partial charge >= 0.3 is 6.18 Å². The SMILES string of the molecule is COCCn1cc(NC(=O)Cc2c(C)nn(-c3cccc(C(F)(F)F)c3)c2C)cn1. The summed E-state index contributed by atoms with van der Waals surface area (Å²) in [5.74, 6) is -0.268. The smallest absolute Gasteiger partial charge is 0.383 e. The molecule has 3 rings (SSSR count). The number of methoxy groups -OCH3 is 1. The highest BCUT2D eigenvalue weighted by Crippen LogP contribution is 2.31. The van der Waals surface area contributed by atoms with Gasteiger partial charge in [0.1, 0.15) is 0 Å². The first-order chi connectivity index (χ1) is 14.2. The molecular formula is C20H22F3N5O2. The molecule has 3 aromatic rings. The maximum atomic E-state index is 13.0. The number of anilines is 1. The molecule has 0 spiro atoms. The number of carbonyl (C=O) groups is 1. The lowest BCUT2D eigenvalue weighted by molar-refractivity contribution is -0.137. The number of aromatic nitrogens is 4. The first-order valence-electron chi connectivity index (χ1n) is 9.23. The Balaban J connectivity index is 1.76. The number of aryl methyl sites for hydroxylation is 1. The van der Waals surface area contributed by atoms with Crippen molar-refractivity contribution < 1.29 is 22.7 Å². The monoisotopic (exact) mass is 421 g/mol. The van der Waals surface area contributed by atoms with Crippen molar-refractivity contribution in [3.8, 4) is 5.69 Å². The van der Waals surface area contributed by atoms with Crippen LogP contribution >= 0.6 is 0 Å². The van der Waals surface area contributed by atoms with Crippen LogP contribution in [0.2, 0.25) is 0 Å². The summed E-state index contributed by atoms with van der Waals surface area (Å²) in [5, 5.41) is 11.2. The molecule has 30 heavy (non-hydrogen) atoms. The van der Waals surface area contributed by atoms with Crippen molar-refractivity contribution in [1.29, 1.82) is 0 Å². The van der Waals surface area contributed by atoms with Gasteiger partial charge in [0.05, 0.1) is 48.4 Å². The molecule has 0 saturated carbocycles. The normalized spacial score (nSPS) is 11.7.